The first-order chi connectivity index (χ1) is 16.6. The molecule has 2 aliphatic rings. The van der Waals surface area contributed by atoms with Crippen LogP contribution in [0.1, 0.15) is 44.3 Å². The van der Waals surface area contributed by atoms with Gasteiger partial charge in [0.1, 0.15) is 23.8 Å². The Hall–Kier alpha value is -3.61. The Labute approximate surface area is 196 Å². The van der Waals surface area contributed by atoms with Crippen molar-refractivity contribution in [2.75, 3.05) is 19.8 Å². The monoisotopic (exact) mass is 453 g/mol. The van der Waals surface area contributed by atoms with Crippen molar-refractivity contribution in [2.24, 2.45) is 0 Å². The molecule has 34 heavy (non-hydrogen) atoms. The highest BCUT2D eigenvalue weighted by atomic mass is 16.7. The zero-order chi connectivity index (χ0) is 23.2. The van der Waals surface area contributed by atoms with Crippen LogP contribution < -0.4 is 4.74 Å². The number of aromatic nitrogens is 1. The molecule has 1 aliphatic carbocycles. The van der Waals surface area contributed by atoms with E-state index in [-0.39, 0.29) is 18.2 Å². The third-order valence-electron chi connectivity index (χ3n) is 6.57. The number of rotatable bonds is 4. The van der Waals surface area contributed by atoms with Crippen LogP contribution in [0.3, 0.4) is 0 Å². The molecule has 1 saturated heterocycles. The van der Waals surface area contributed by atoms with Crippen LogP contribution in [0, 0.1) is 6.92 Å². The maximum atomic E-state index is 13.3. The SMILES string of the molecule is Cc1ccc(OCC2OCCCO2)c2nc(C3C(=O)c4cc5ccccc5cc4C3=O)ccc12. The van der Waals surface area contributed by atoms with Gasteiger partial charge >= 0.3 is 0 Å². The van der Waals surface area contributed by atoms with E-state index in [1.807, 2.05) is 61.5 Å². The Bertz CT molecular complexity index is 1400. The minimum atomic E-state index is -0.949. The van der Waals surface area contributed by atoms with Gasteiger partial charge in [-0.25, -0.2) is 4.98 Å². The fraction of sp³-hybridized carbons (Fsp3) is 0.250. The van der Waals surface area contributed by atoms with Gasteiger partial charge in [-0.3, -0.25) is 9.59 Å². The molecule has 4 aromatic rings. The van der Waals surface area contributed by atoms with Gasteiger partial charge in [0.05, 0.1) is 18.9 Å². The number of aryl methyl sites for hydroxylation is 1. The number of fused-ring (bicyclic) bond motifs is 3. The highest BCUT2D eigenvalue weighted by Gasteiger charge is 2.41. The molecule has 170 valence electrons. The molecule has 6 nitrogen and oxygen atoms in total. The van der Waals surface area contributed by atoms with E-state index in [4.69, 9.17) is 19.2 Å². The third-order valence-corrected chi connectivity index (χ3v) is 6.57. The van der Waals surface area contributed by atoms with E-state index in [1.54, 1.807) is 6.07 Å². The molecule has 6 rings (SSSR count). The predicted octanol–water partition coefficient (Wildman–Crippen LogP) is 5.00. The number of pyridine rings is 1. The molecule has 1 fully saturated rings. The normalized spacial score (nSPS) is 17.0. The summed E-state index contributed by atoms with van der Waals surface area (Å²) in [5.74, 6) is -0.801. The van der Waals surface area contributed by atoms with Crippen LogP contribution >= 0.6 is 0 Å². The zero-order valence-corrected chi connectivity index (χ0v) is 18.7. The largest absolute Gasteiger partial charge is 0.486 e. The van der Waals surface area contributed by atoms with Crippen molar-refractivity contribution in [3.8, 4) is 5.75 Å². The highest BCUT2D eigenvalue weighted by Crippen LogP contribution is 2.37. The maximum absolute atomic E-state index is 13.3. The lowest BCUT2D eigenvalue weighted by molar-refractivity contribution is -0.190. The molecule has 0 amide bonds. The third kappa shape index (κ3) is 3.47. The smallest absolute Gasteiger partial charge is 0.191 e. The molecular weight excluding hydrogens is 430 g/mol. The molecule has 0 bridgehead atoms. The van der Waals surface area contributed by atoms with E-state index in [9.17, 15) is 9.59 Å². The van der Waals surface area contributed by atoms with Gasteiger partial charge in [0.2, 0.25) is 0 Å². The van der Waals surface area contributed by atoms with E-state index in [0.717, 1.165) is 28.1 Å². The molecule has 2 heterocycles. The van der Waals surface area contributed by atoms with Crippen LogP contribution in [0.2, 0.25) is 0 Å². The fourth-order valence-corrected chi connectivity index (χ4v) is 4.76. The van der Waals surface area contributed by atoms with Crippen molar-refractivity contribution < 1.29 is 23.8 Å². The van der Waals surface area contributed by atoms with Gasteiger partial charge in [-0.05, 0) is 53.9 Å². The second-order valence-electron chi connectivity index (χ2n) is 8.76. The van der Waals surface area contributed by atoms with E-state index >= 15 is 0 Å². The van der Waals surface area contributed by atoms with Crippen molar-refractivity contribution in [2.45, 2.75) is 25.6 Å². The highest BCUT2D eigenvalue weighted by molar-refractivity contribution is 6.30. The Morgan fingerprint density at radius 3 is 2.26 bits per heavy atom. The summed E-state index contributed by atoms with van der Waals surface area (Å²) >= 11 is 0. The second kappa shape index (κ2) is 8.31. The second-order valence-corrected chi connectivity index (χ2v) is 8.76. The van der Waals surface area contributed by atoms with Gasteiger partial charge in [0.25, 0.3) is 0 Å². The van der Waals surface area contributed by atoms with Crippen LogP contribution in [0.4, 0.5) is 0 Å². The number of benzene rings is 3. The summed E-state index contributed by atoms with van der Waals surface area (Å²) < 4.78 is 17.2. The zero-order valence-electron chi connectivity index (χ0n) is 18.7. The molecule has 6 heteroatoms. The molecule has 1 aromatic heterocycles. The van der Waals surface area contributed by atoms with Gasteiger partial charge in [0, 0.05) is 16.5 Å². The van der Waals surface area contributed by atoms with E-state index in [1.165, 1.54) is 0 Å². The van der Waals surface area contributed by atoms with Crippen LogP contribution in [0.25, 0.3) is 21.7 Å². The maximum Gasteiger partial charge on any atom is 0.191 e. The Morgan fingerprint density at radius 1 is 0.912 bits per heavy atom. The number of hydrogen-bond acceptors (Lipinski definition) is 6. The summed E-state index contributed by atoms with van der Waals surface area (Å²) in [4.78, 5) is 31.5. The van der Waals surface area contributed by atoms with Crippen LogP contribution in [0.15, 0.2) is 60.7 Å². The predicted molar refractivity (Wildman–Crippen MR) is 128 cm³/mol. The van der Waals surface area contributed by atoms with Crippen molar-refractivity contribution in [1.82, 2.24) is 4.98 Å². The first kappa shape index (κ1) is 21.0. The number of ketones is 2. The van der Waals surface area contributed by atoms with E-state index in [2.05, 4.69) is 0 Å². The minimum Gasteiger partial charge on any atom is -0.486 e. The van der Waals surface area contributed by atoms with E-state index in [0.29, 0.717) is 41.3 Å². The Kier molecular flexibility index (Phi) is 5.12. The molecule has 0 saturated carbocycles. The number of carbonyl (C=O) groups excluding carboxylic acids is 2. The average Bonchev–Trinajstić information content (AvgIpc) is 3.11. The van der Waals surface area contributed by atoms with Gasteiger partial charge in [0.15, 0.2) is 17.9 Å². The lowest BCUT2D eigenvalue weighted by Gasteiger charge is -2.23. The molecule has 0 atom stereocenters. The Morgan fingerprint density at radius 2 is 1.59 bits per heavy atom. The summed E-state index contributed by atoms with van der Waals surface area (Å²) in [6, 6.07) is 18.9. The van der Waals surface area contributed by atoms with Crippen LogP contribution in [0.5, 0.6) is 5.75 Å². The van der Waals surface area contributed by atoms with Crippen LogP contribution in [-0.2, 0) is 9.47 Å². The molecule has 0 N–H and O–H groups in total. The van der Waals surface area contributed by atoms with Gasteiger partial charge in [-0.15, -0.1) is 0 Å². The van der Waals surface area contributed by atoms with Gasteiger partial charge in [-0.2, -0.15) is 0 Å². The van der Waals surface area contributed by atoms with Crippen LogP contribution in [-0.4, -0.2) is 42.7 Å². The van der Waals surface area contributed by atoms with Gasteiger partial charge in [-0.1, -0.05) is 36.4 Å². The van der Waals surface area contributed by atoms with E-state index < -0.39 is 12.2 Å². The molecule has 3 aromatic carbocycles. The summed E-state index contributed by atoms with van der Waals surface area (Å²) in [6.45, 7) is 3.52. The lowest BCUT2D eigenvalue weighted by Crippen LogP contribution is -2.30. The summed E-state index contributed by atoms with van der Waals surface area (Å²) in [6.07, 6.45) is 0.450. The quantitative estimate of drug-likeness (QED) is 0.405. The number of nitrogens with zero attached hydrogens (tertiary/aromatic N) is 1. The first-order valence-electron chi connectivity index (χ1n) is 11.5. The van der Waals surface area contributed by atoms with Gasteiger partial charge < -0.3 is 14.2 Å². The average molecular weight is 453 g/mol. The number of hydrogen-bond donors (Lipinski definition) is 0. The molecule has 0 unspecified atom stereocenters. The molecule has 1 aliphatic heterocycles. The number of carbonyl (C=O) groups is 2. The topological polar surface area (TPSA) is 74.7 Å². The minimum absolute atomic E-state index is 0.211. The summed E-state index contributed by atoms with van der Waals surface area (Å²) in [5.41, 5.74) is 3.01. The van der Waals surface area contributed by atoms with Crippen molar-refractivity contribution in [3.63, 3.8) is 0 Å². The standard InChI is InChI=1S/C28H23NO5/c1-16-7-10-23(34-15-24-32-11-4-12-33-24)26-19(16)8-9-22(29-26)25-27(30)20-13-17-5-2-3-6-18(17)14-21(20)28(25)31/h2-3,5-10,13-14,24-25H,4,11-12,15H2,1H3. The molecule has 0 radical (unpaired) electrons. The Balaban J connectivity index is 1.38. The molecule has 0 spiro atoms. The van der Waals surface area contributed by atoms with Crippen molar-refractivity contribution in [1.29, 1.82) is 0 Å². The molecular formula is C28H23NO5. The summed E-state index contributed by atoms with van der Waals surface area (Å²) in [7, 11) is 0. The number of ether oxygens (including phenoxy) is 3. The number of Topliss-reactive ketones (excluding diaryl/α,β-unsaturated/α-hetero) is 2. The van der Waals surface area contributed by atoms with Crippen molar-refractivity contribution in [3.05, 3.63) is 83.0 Å². The summed E-state index contributed by atoms with van der Waals surface area (Å²) in [5, 5.41) is 2.79. The lowest BCUT2D eigenvalue weighted by atomic mass is 9.97. The fourth-order valence-electron chi connectivity index (χ4n) is 4.76. The van der Waals surface area contributed by atoms with Crippen molar-refractivity contribution >= 4 is 33.2 Å². The first-order valence-corrected chi connectivity index (χ1v) is 11.5.